The van der Waals surface area contributed by atoms with Gasteiger partial charge < -0.3 is 10.3 Å². The minimum atomic E-state index is -0.298. The monoisotopic (exact) mass is 346 g/mol. The minimum Gasteiger partial charge on any atom is -0.380 e. The summed E-state index contributed by atoms with van der Waals surface area (Å²) in [5.41, 5.74) is 9.32. The molecule has 0 saturated heterocycles. The molecule has 106 valence electrons. The second-order valence-electron chi connectivity index (χ2n) is 4.74. The van der Waals surface area contributed by atoms with E-state index in [1.165, 1.54) is 12.1 Å². The van der Waals surface area contributed by atoms with E-state index in [1.54, 1.807) is 12.1 Å². The van der Waals surface area contributed by atoms with Crippen molar-refractivity contribution in [2.24, 2.45) is 0 Å². The molecule has 3 nitrogen and oxygen atoms in total. The van der Waals surface area contributed by atoms with Gasteiger partial charge in [-0.25, -0.2) is 4.39 Å². The van der Waals surface area contributed by atoms with Gasteiger partial charge in [0, 0.05) is 10.0 Å². The highest BCUT2D eigenvalue weighted by molar-refractivity contribution is 9.10. The minimum absolute atomic E-state index is 0.285. The van der Waals surface area contributed by atoms with Gasteiger partial charge in [-0.3, -0.25) is 0 Å². The molecule has 0 unspecified atom stereocenters. The van der Waals surface area contributed by atoms with Gasteiger partial charge in [-0.1, -0.05) is 45.4 Å². The summed E-state index contributed by atoms with van der Waals surface area (Å²) in [6.07, 6.45) is 0. The Kier molecular flexibility index (Phi) is 3.51. The molecule has 3 rings (SSSR count). The van der Waals surface area contributed by atoms with E-state index in [0.29, 0.717) is 11.3 Å². The summed E-state index contributed by atoms with van der Waals surface area (Å²) in [4.78, 5) is 0. The van der Waals surface area contributed by atoms with Gasteiger partial charge >= 0.3 is 0 Å². The Morgan fingerprint density at radius 2 is 1.76 bits per heavy atom. The number of anilines is 1. The fraction of sp³-hybridized carbons (Fsp3) is 0.0625. The summed E-state index contributed by atoms with van der Waals surface area (Å²) in [5, 5.41) is 3.84. The summed E-state index contributed by atoms with van der Waals surface area (Å²) in [5.74, 6) is 0.557. The van der Waals surface area contributed by atoms with Gasteiger partial charge in [0.25, 0.3) is 0 Å². The fourth-order valence-corrected chi connectivity index (χ4v) is 2.51. The second-order valence-corrected chi connectivity index (χ2v) is 5.60. The first-order valence-corrected chi connectivity index (χ1v) is 7.13. The van der Waals surface area contributed by atoms with Crippen LogP contribution in [0.15, 0.2) is 51.5 Å². The van der Waals surface area contributed by atoms with Crippen LogP contribution in [0.4, 0.5) is 10.2 Å². The molecule has 3 aromatic rings. The number of rotatable bonds is 2. The van der Waals surface area contributed by atoms with E-state index in [0.717, 1.165) is 21.2 Å². The Labute approximate surface area is 129 Å². The molecule has 0 aliphatic carbocycles. The van der Waals surface area contributed by atoms with Crippen LogP contribution in [-0.2, 0) is 0 Å². The zero-order chi connectivity index (χ0) is 15.0. The van der Waals surface area contributed by atoms with E-state index >= 15 is 0 Å². The Hall–Kier alpha value is -2.14. The zero-order valence-electron chi connectivity index (χ0n) is 11.2. The molecule has 0 fully saturated rings. The van der Waals surface area contributed by atoms with Gasteiger partial charge in [-0.15, -0.1) is 0 Å². The third kappa shape index (κ3) is 2.56. The highest BCUT2D eigenvalue weighted by Crippen LogP contribution is 2.37. The van der Waals surface area contributed by atoms with Gasteiger partial charge in [0.1, 0.15) is 5.82 Å². The average Bonchev–Trinajstić information content (AvgIpc) is 2.85. The largest absolute Gasteiger partial charge is 0.380 e. The molecule has 2 aromatic carbocycles. The van der Waals surface area contributed by atoms with E-state index in [4.69, 9.17) is 10.3 Å². The van der Waals surface area contributed by atoms with E-state index in [-0.39, 0.29) is 11.6 Å². The van der Waals surface area contributed by atoms with Gasteiger partial charge in [0.05, 0.1) is 5.56 Å². The number of nitrogens with zero attached hydrogens (tertiary/aromatic N) is 1. The van der Waals surface area contributed by atoms with Gasteiger partial charge in [0.15, 0.2) is 11.6 Å². The maximum atomic E-state index is 13.1. The van der Waals surface area contributed by atoms with Crippen LogP contribution in [0.2, 0.25) is 0 Å². The molecule has 0 spiro atoms. The molecule has 0 amide bonds. The lowest BCUT2D eigenvalue weighted by molar-refractivity contribution is 0.436. The van der Waals surface area contributed by atoms with Crippen LogP contribution >= 0.6 is 15.9 Å². The second kappa shape index (κ2) is 5.33. The first kappa shape index (κ1) is 13.8. The van der Waals surface area contributed by atoms with E-state index < -0.39 is 0 Å². The Bertz CT molecular complexity index is 797. The lowest BCUT2D eigenvalue weighted by atomic mass is 10.0. The number of benzene rings is 2. The standard InChI is InChI=1S/C16H12BrFN2O/c1-9-2-3-11(8-13(9)17)15-14(16(19)20-21-15)10-4-6-12(18)7-5-10/h2-8H,1H3,(H2,19,20). The summed E-state index contributed by atoms with van der Waals surface area (Å²) in [6, 6.07) is 11.9. The number of aryl methyl sites for hydroxylation is 1. The van der Waals surface area contributed by atoms with Crippen molar-refractivity contribution in [1.82, 2.24) is 5.16 Å². The predicted molar refractivity (Wildman–Crippen MR) is 84.2 cm³/mol. The highest BCUT2D eigenvalue weighted by Gasteiger charge is 2.18. The summed E-state index contributed by atoms with van der Waals surface area (Å²) < 4.78 is 19.4. The molecule has 0 aliphatic heterocycles. The van der Waals surface area contributed by atoms with Crippen LogP contribution in [0.25, 0.3) is 22.5 Å². The lowest BCUT2D eigenvalue weighted by Crippen LogP contribution is -1.89. The fourth-order valence-electron chi connectivity index (χ4n) is 2.13. The molecule has 0 atom stereocenters. The average molecular weight is 347 g/mol. The van der Waals surface area contributed by atoms with Crippen LogP contribution in [0.5, 0.6) is 0 Å². The molecule has 0 saturated carbocycles. The first-order chi connectivity index (χ1) is 10.1. The van der Waals surface area contributed by atoms with Crippen molar-refractivity contribution < 1.29 is 8.91 Å². The number of nitrogens with two attached hydrogens (primary N) is 1. The van der Waals surface area contributed by atoms with Crippen molar-refractivity contribution in [3.63, 3.8) is 0 Å². The number of hydrogen-bond acceptors (Lipinski definition) is 3. The van der Waals surface area contributed by atoms with Crippen molar-refractivity contribution in [3.8, 4) is 22.5 Å². The Morgan fingerprint density at radius 3 is 2.43 bits per heavy atom. The molecule has 1 aromatic heterocycles. The van der Waals surface area contributed by atoms with Crippen LogP contribution in [-0.4, -0.2) is 5.16 Å². The molecule has 1 heterocycles. The number of hydrogen-bond donors (Lipinski definition) is 1. The highest BCUT2D eigenvalue weighted by atomic mass is 79.9. The molecule has 0 bridgehead atoms. The molecule has 21 heavy (non-hydrogen) atoms. The number of aromatic nitrogens is 1. The first-order valence-electron chi connectivity index (χ1n) is 6.34. The molecular formula is C16H12BrFN2O. The molecule has 2 N–H and O–H groups in total. The zero-order valence-corrected chi connectivity index (χ0v) is 12.8. The Balaban J connectivity index is 2.16. The van der Waals surface area contributed by atoms with Gasteiger partial charge in [-0.05, 0) is 36.2 Å². The third-order valence-electron chi connectivity index (χ3n) is 3.29. The topological polar surface area (TPSA) is 52.0 Å². The molecule has 0 radical (unpaired) electrons. The molecule has 0 aliphatic rings. The van der Waals surface area contributed by atoms with Gasteiger partial charge in [0.2, 0.25) is 0 Å². The third-order valence-corrected chi connectivity index (χ3v) is 4.14. The van der Waals surface area contributed by atoms with E-state index in [9.17, 15) is 4.39 Å². The van der Waals surface area contributed by atoms with E-state index in [2.05, 4.69) is 21.1 Å². The van der Waals surface area contributed by atoms with Crippen LogP contribution in [0, 0.1) is 12.7 Å². The van der Waals surface area contributed by atoms with Crippen LogP contribution in [0.3, 0.4) is 0 Å². The normalized spacial score (nSPS) is 10.8. The summed E-state index contributed by atoms with van der Waals surface area (Å²) in [7, 11) is 0. The lowest BCUT2D eigenvalue weighted by Gasteiger charge is -2.05. The van der Waals surface area contributed by atoms with E-state index in [1.807, 2.05) is 25.1 Å². The van der Waals surface area contributed by atoms with Crippen LogP contribution < -0.4 is 5.73 Å². The predicted octanol–water partition coefficient (Wildman–Crippen LogP) is 4.80. The van der Waals surface area contributed by atoms with Crippen molar-refractivity contribution >= 4 is 21.7 Å². The van der Waals surface area contributed by atoms with Crippen LogP contribution in [0.1, 0.15) is 5.56 Å². The van der Waals surface area contributed by atoms with Crippen molar-refractivity contribution in [3.05, 3.63) is 58.3 Å². The summed E-state index contributed by atoms with van der Waals surface area (Å²) >= 11 is 3.50. The quantitative estimate of drug-likeness (QED) is 0.724. The molecular weight excluding hydrogens is 335 g/mol. The maximum absolute atomic E-state index is 13.1. The van der Waals surface area contributed by atoms with Crippen molar-refractivity contribution in [2.45, 2.75) is 6.92 Å². The SMILES string of the molecule is Cc1ccc(-c2onc(N)c2-c2ccc(F)cc2)cc1Br. The van der Waals surface area contributed by atoms with Crippen molar-refractivity contribution in [1.29, 1.82) is 0 Å². The maximum Gasteiger partial charge on any atom is 0.176 e. The summed E-state index contributed by atoms with van der Waals surface area (Å²) in [6.45, 7) is 2.00. The number of nitrogen functional groups attached to an aromatic ring is 1. The number of halogens is 2. The smallest absolute Gasteiger partial charge is 0.176 e. The Morgan fingerprint density at radius 1 is 1.10 bits per heavy atom. The van der Waals surface area contributed by atoms with Gasteiger partial charge in [-0.2, -0.15) is 0 Å². The van der Waals surface area contributed by atoms with Crippen molar-refractivity contribution in [2.75, 3.05) is 5.73 Å². The molecule has 5 heteroatoms.